The summed E-state index contributed by atoms with van der Waals surface area (Å²) in [5.41, 5.74) is 1.93. The van der Waals surface area contributed by atoms with Crippen LogP contribution in [-0.2, 0) is 11.3 Å². The highest BCUT2D eigenvalue weighted by Crippen LogP contribution is 2.40. The normalized spacial score (nSPS) is 14.4. The molecule has 2 heterocycles. The Morgan fingerprint density at radius 1 is 1.26 bits per heavy atom. The Kier molecular flexibility index (Phi) is 4.78. The average Bonchev–Trinajstić information content (AvgIpc) is 3.14. The lowest BCUT2D eigenvalue weighted by Crippen LogP contribution is -2.23. The minimum absolute atomic E-state index is 0.210. The molecule has 1 aromatic carbocycles. The number of rotatable bonds is 5. The zero-order valence-corrected chi connectivity index (χ0v) is 14.7. The quantitative estimate of drug-likeness (QED) is 0.810. The van der Waals surface area contributed by atoms with Gasteiger partial charge in [0.15, 0.2) is 11.5 Å². The highest BCUT2D eigenvalue weighted by molar-refractivity contribution is 7.11. The zero-order valence-electron chi connectivity index (χ0n) is 13.1. The summed E-state index contributed by atoms with van der Waals surface area (Å²) in [6.07, 6.45) is 1.58. The van der Waals surface area contributed by atoms with Gasteiger partial charge in [-0.2, -0.15) is 0 Å². The van der Waals surface area contributed by atoms with Gasteiger partial charge in [0, 0.05) is 28.8 Å². The molecule has 0 atom stereocenters. The molecule has 2 aromatic rings. The van der Waals surface area contributed by atoms with Crippen LogP contribution in [0.5, 0.6) is 11.5 Å². The predicted molar refractivity (Wildman–Crippen MR) is 92.5 cm³/mol. The minimum atomic E-state index is 0.210. The van der Waals surface area contributed by atoms with Crippen LogP contribution >= 0.6 is 22.9 Å². The van der Waals surface area contributed by atoms with Gasteiger partial charge >= 0.3 is 0 Å². The number of hydrogen-bond donors (Lipinski definition) is 0. The van der Waals surface area contributed by atoms with Crippen molar-refractivity contribution in [2.75, 3.05) is 20.8 Å². The maximum Gasteiger partial charge on any atom is 0.222 e. The number of carbonyl (C=O) groups is 1. The molecule has 0 saturated carbocycles. The molecule has 0 radical (unpaired) electrons. The monoisotopic (exact) mass is 351 g/mol. The maximum absolute atomic E-state index is 11.8. The van der Waals surface area contributed by atoms with Crippen LogP contribution in [0.4, 0.5) is 0 Å². The molecule has 1 aromatic heterocycles. The highest BCUT2D eigenvalue weighted by atomic mass is 35.5. The van der Waals surface area contributed by atoms with Crippen molar-refractivity contribution >= 4 is 28.8 Å². The van der Waals surface area contributed by atoms with Crippen molar-refractivity contribution in [2.24, 2.45) is 0 Å². The third-order valence-electron chi connectivity index (χ3n) is 4.00. The summed E-state index contributed by atoms with van der Waals surface area (Å²) >= 11 is 8.14. The third kappa shape index (κ3) is 3.16. The second-order valence-electron chi connectivity index (χ2n) is 5.38. The van der Waals surface area contributed by atoms with Crippen LogP contribution in [-0.4, -0.2) is 31.6 Å². The molecule has 1 aliphatic rings. The van der Waals surface area contributed by atoms with E-state index in [4.69, 9.17) is 21.1 Å². The first-order valence-electron chi connectivity index (χ1n) is 7.40. The molecule has 0 bridgehead atoms. The number of likely N-dealkylation sites (tertiary alicyclic amines) is 1. The number of nitrogens with zero attached hydrogens (tertiary/aromatic N) is 1. The van der Waals surface area contributed by atoms with Crippen LogP contribution in [0.1, 0.15) is 17.7 Å². The Bertz CT molecular complexity index is 729. The zero-order chi connectivity index (χ0) is 16.4. The molecule has 0 N–H and O–H groups in total. The number of carbonyl (C=O) groups excluding carboxylic acids is 1. The molecule has 23 heavy (non-hydrogen) atoms. The van der Waals surface area contributed by atoms with Gasteiger partial charge in [-0.1, -0.05) is 17.7 Å². The minimum Gasteiger partial charge on any atom is -0.493 e. The Labute approximate surface area is 144 Å². The fourth-order valence-corrected chi connectivity index (χ4v) is 4.11. The average molecular weight is 352 g/mol. The summed E-state index contributed by atoms with van der Waals surface area (Å²) in [6.45, 7) is 1.41. The number of hydrogen-bond acceptors (Lipinski definition) is 4. The number of methoxy groups -OCH3 is 2. The topological polar surface area (TPSA) is 38.8 Å². The van der Waals surface area contributed by atoms with E-state index in [1.54, 1.807) is 25.6 Å². The van der Waals surface area contributed by atoms with Crippen molar-refractivity contribution in [1.82, 2.24) is 4.90 Å². The van der Waals surface area contributed by atoms with Crippen molar-refractivity contribution < 1.29 is 14.3 Å². The number of thiophene rings is 1. The number of amides is 1. The molecular formula is C17H18ClNO3S. The molecule has 0 unspecified atom stereocenters. The Balaban J connectivity index is 1.88. The SMILES string of the molecule is COc1ccc(-c2csc(CN3CCCC3=O)c2Cl)cc1OC. The van der Waals surface area contributed by atoms with E-state index in [1.165, 1.54) is 0 Å². The van der Waals surface area contributed by atoms with Gasteiger partial charge in [0.2, 0.25) is 5.91 Å². The summed E-state index contributed by atoms with van der Waals surface area (Å²) < 4.78 is 10.6. The fraction of sp³-hybridized carbons (Fsp3) is 0.353. The Hall–Kier alpha value is -1.72. The highest BCUT2D eigenvalue weighted by Gasteiger charge is 2.22. The first-order chi connectivity index (χ1) is 11.1. The van der Waals surface area contributed by atoms with Gasteiger partial charge in [0.25, 0.3) is 0 Å². The van der Waals surface area contributed by atoms with E-state index in [-0.39, 0.29) is 5.91 Å². The van der Waals surface area contributed by atoms with Gasteiger partial charge in [-0.25, -0.2) is 0 Å². The summed E-state index contributed by atoms with van der Waals surface area (Å²) in [5, 5.41) is 2.74. The molecule has 122 valence electrons. The van der Waals surface area contributed by atoms with Gasteiger partial charge < -0.3 is 14.4 Å². The van der Waals surface area contributed by atoms with Crippen molar-refractivity contribution in [3.05, 3.63) is 33.5 Å². The lowest BCUT2D eigenvalue weighted by Gasteiger charge is -2.14. The van der Waals surface area contributed by atoms with Crippen molar-refractivity contribution in [3.8, 4) is 22.6 Å². The van der Waals surface area contributed by atoms with E-state index in [9.17, 15) is 4.79 Å². The predicted octanol–water partition coefficient (Wildman–Crippen LogP) is 4.21. The summed E-state index contributed by atoms with van der Waals surface area (Å²) in [4.78, 5) is 14.7. The summed E-state index contributed by atoms with van der Waals surface area (Å²) in [5.74, 6) is 1.57. The smallest absolute Gasteiger partial charge is 0.222 e. The largest absolute Gasteiger partial charge is 0.493 e. The molecule has 3 rings (SSSR count). The molecule has 1 amide bonds. The number of halogens is 1. The lowest BCUT2D eigenvalue weighted by atomic mass is 10.1. The Morgan fingerprint density at radius 2 is 2.04 bits per heavy atom. The lowest BCUT2D eigenvalue weighted by molar-refractivity contribution is -0.128. The van der Waals surface area contributed by atoms with Crippen LogP contribution in [0.15, 0.2) is 23.6 Å². The fourth-order valence-electron chi connectivity index (χ4n) is 2.73. The molecule has 1 aliphatic heterocycles. The van der Waals surface area contributed by atoms with E-state index in [2.05, 4.69) is 0 Å². The molecule has 4 nitrogen and oxygen atoms in total. The molecule has 0 aliphatic carbocycles. The van der Waals surface area contributed by atoms with E-state index in [1.807, 2.05) is 28.5 Å². The first kappa shape index (κ1) is 16.1. The van der Waals surface area contributed by atoms with E-state index in [0.29, 0.717) is 29.5 Å². The van der Waals surface area contributed by atoms with Gasteiger partial charge in [-0.15, -0.1) is 11.3 Å². The van der Waals surface area contributed by atoms with Crippen LogP contribution in [0.2, 0.25) is 5.02 Å². The van der Waals surface area contributed by atoms with Crippen LogP contribution in [0.25, 0.3) is 11.1 Å². The summed E-state index contributed by atoms with van der Waals surface area (Å²) in [7, 11) is 3.22. The number of benzene rings is 1. The number of ether oxygens (including phenoxy) is 2. The van der Waals surface area contributed by atoms with Crippen molar-refractivity contribution in [2.45, 2.75) is 19.4 Å². The van der Waals surface area contributed by atoms with Gasteiger partial charge in [0.1, 0.15) is 0 Å². The third-order valence-corrected chi connectivity index (χ3v) is 5.52. The molecule has 6 heteroatoms. The van der Waals surface area contributed by atoms with Crippen LogP contribution in [0.3, 0.4) is 0 Å². The van der Waals surface area contributed by atoms with Gasteiger partial charge in [-0.3, -0.25) is 4.79 Å². The van der Waals surface area contributed by atoms with Crippen LogP contribution in [0, 0.1) is 0 Å². The van der Waals surface area contributed by atoms with E-state index < -0.39 is 0 Å². The molecule has 1 fully saturated rings. The summed E-state index contributed by atoms with van der Waals surface area (Å²) in [6, 6.07) is 5.74. The molecule has 1 saturated heterocycles. The van der Waals surface area contributed by atoms with Crippen molar-refractivity contribution in [1.29, 1.82) is 0 Å². The second-order valence-corrected chi connectivity index (χ2v) is 6.72. The van der Waals surface area contributed by atoms with Gasteiger partial charge in [-0.05, 0) is 24.1 Å². The first-order valence-corrected chi connectivity index (χ1v) is 8.66. The Morgan fingerprint density at radius 3 is 2.70 bits per heavy atom. The molecule has 0 spiro atoms. The van der Waals surface area contributed by atoms with Crippen LogP contribution < -0.4 is 9.47 Å². The maximum atomic E-state index is 11.8. The standard InChI is InChI=1S/C17H18ClNO3S/c1-21-13-6-5-11(8-14(13)22-2)12-10-23-15(17(12)18)9-19-7-3-4-16(19)20/h5-6,8,10H,3-4,7,9H2,1-2H3. The van der Waals surface area contributed by atoms with Gasteiger partial charge in [0.05, 0.1) is 25.8 Å². The van der Waals surface area contributed by atoms with E-state index >= 15 is 0 Å². The molecular weight excluding hydrogens is 334 g/mol. The second kappa shape index (κ2) is 6.81. The van der Waals surface area contributed by atoms with Crippen molar-refractivity contribution in [3.63, 3.8) is 0 Å². The van der Waals surface area contributed by atoms with E-state index in [0.717, 1.165) is 29.0 Å².